The average Bonchev–Trinajstić information content (AvgIpc) is 2.64. The van der Waals surface area contributed by atoms with E-state index in [9.17, 15) is 8.42 Å². The first kappa shape index (κ1) is 19.2. The molecule has 1 heterocycles. The van der Waals surface area contributed by atoms with Crippen LogP contribution in [-0.2, 0) is 16.4 Å². The normalized spacial score (nSPS) is 16.0. The standard InChI is InChI=1S/C20H25ClN2O2S/c1-17-9-10-19(21)16-20(17)22-11-13-23(14-12-22)26(24,25)15-5-8-18-6-3-2-4-7-18/h2-4,6-7,9-10,16H,5,8,11-15H2,1H3. The number of anilines is 1. The zero-order valence-electron chi connectivity index (χ0n) is 15.1. The first-order valence-electron chi connectivity index (χ1n) is 8.98. The average molecular weight is 393 g/mol. The number of nitrogens with zero attached hydrogens (tertiary/aromatic N) is 2. The summed E-state index contributed by atoms with van der Waals surface area (Å²) in [5.74, 6) is 0.206. The zero-order valence-corrected chi connectivity index (χ0v) is 16.6. The van der Waals surface area contributed by atoms with Crippen LogP contribution in [0.3, 0.4) is 0 Å². The van der Waals surface area contributed by atoms with Gasteiger partial charge in [0.2, 0.25) is 10.0 Å². The van der Waals surface area contributed by atoms with Crippen molar-refractivity contribution in [3.05, 3.63) is 64.7 Å². The quantitative estimate of drug-likeness (QED) is 0.752. The Kier molecular flexibility index (Phi) is 6.22. The number of aryl methyl sites for hydroxylation is 2. The van der Waals surface area contributed by atoms with Crippen molar-refractivity contribution in [2.75, 3.05) is 36.8 Å². The van der Waals surface area contributed by atoms with Crippen LogP contribution >= 0.6 is 11.6 Å². The summed E-state index contributed by atoms with van der Waals surface area (Å²) < 4.78 is 26.9. The van der Waals surface area contributed by atoms with E-state index < -0.39 is 10.0 Å². The van der Waals surface area contributed by atoms with E-state index in [1.54, 1.807) is 4.31 Å². The second-order valence-electron chi connectivity index (χ2n) is 6.72. The molecule has 0 N–H and O–H groups in total. The van der Waals surface area contributed by atoms with Gasteiger partial charge in [0.05, 0.1) is 5.75 Å². The Hall–Kier alpha value is -1.56. The van der Waals surface area contributed by atoms with Gasteiger partial charge >= 0.3 is 0 Å². The number of hydrogen-bond donors (Lipinski definition) is 0. The lowest BCUT2D eigenvalue weighted by molar-refractivity contribution is 0.384. The van der Waals surface area contributed by atoms with Crippen molar-refractivity contribution in [1.82, 2.24) is 4.31 Å². The van der Waals surface area contributed by atoms with Crippen LogP contribution < -0.4 is 4.90 Å². The Morgan fingerprint density at radius 1 is 1.00 bits per heavy atom. The van der Waals surface area contributed by atoms with Gasteiger partial charge in [-0.05, 0) is 43.0 Å². The molecule has 0 radical (unpaired) electrons. The van der Waals surface area contributed by atoms with Crippen molar-refractivity contribution in [1.29, 1.82) is 0 Å². The van der Waals surface area contributed by atoms with Crippen molar-refractivity contribution in [2.45, 2.75) is 19.8 Å². The summed E-state index contributed by atoms with van der Waals surface area (Å²) in [7, 11) is -3.20. The Labute approximate surface area is 161 Å². The van der Waals surface area contributed by atoms with Crippen molar-refractivity contribution >= 4 is 27.3 Å². The number of benzene rings is 2. The fraction of sp³-hybridized carbons (Fsp3) is 0.400. The van der Waals surface area contributed by atoms with Gasteiger partial charge in [-0.3, -0.25) is 0 Å². The number of piperazine rings is 1. The van der Waals surface area contributed by atoms with Crippen LogP contribution in [0.15, 0.2) is 48.5 Å². The summed E-state index contributed by atoms with van der Waals surface area (Å²) in [5.41, 5.74) is 3.44. The Bertz CT molecular complexity index is 832. The van der Waals surface area contributed by atoms with Gasteiger partial charge in [0.15, 0.2) is 0 Å². The van der Waals surface area contributed by atoms with E-state index in [0.717, 1.165) is 17.7 Å². The van der Waals surface area contributed by atoms with Gasteiger partial charge in [-0.25, -0.2) is 8.42 Å². The summed E-state index contributed by atoms with van der Waals surface area (Å²) in [5, 5.41) is 0.710. The van der Waals surface area contributed by atoms with Crippen LogP contribution in [-0.4, -0.2) is 44.7 Å². The van der Waals surface area contributed by atoms with E-state index in [1.807, 2.05) is 48.5 Å². The van der Waals surface area contributed by atoms with Crippen molar-refractivity contribution < 1.29 is 8.42 Å². The molecule has 0 amide bonds. The number of hydrogen-bond acceptors (Lipinski definition) is 3. The molecule has 1 aliphatic rings. The number of rotatable bonds is 6. The smallest absolute Gasteiger partial charge is 0.214 e. The molecule has 2 aromatic rings. The molecule has 6 heteroatoms. The molecule has 1 fully saturated rings. The van der Waals surface area contributed by atoms with Crippen LogP contribution in [0.25, 0.3) is 0 Å². The molecule has 0 spiro atoms. The summed E-state index contributed by atoms with van der Waals surface area (Å²) >= 11 is 6.11. The molecule has 1 aliphatic heterocycles. The van der Waals surface area contributed by atoms with E-state index >= 15 is 0 Å². The largest absolute Gasteiger partial charge is 0.369 e. The molecular weight excluding hydrogens is 368 g/mol. The molecule has 0 saturated carbocycles. The topological polar surface area (TPSA) is 40.6 Å². The summed E-state index contributed by atoms with van der Waals surface area (Å²) in [6.07, 6.45) is 1.45. The maximum absolute atomic E-state index is 12.6. The van der Waals surface area contributed by atoms with Crippen molar-refractivity contribution in [2.24, 2.45) is 0 Å². The lowest BCUT2D eigenvalue weighted by Gasteiger charge is -2.36. The maximum Gasteiger partial charge on any atom is 0.214 e. The SMILES string of the molecule is Cc1ccc(Cl)cc1N1CCN(S(=O)(=O)CCCc2ccccc2)CC1. The van der Waals surface area contributed by atoms with Crippen LogP contribution in [0.1, 0.15) is 17.5 Å². The Balaban J connectivity index is 1.54. The molecule has 0 atom stereocenters. The fourth-order valence-corrected chi connectivity index (χ4v) is 5.02. The van der Waals surface area contributed by atoms with Gasteiger partial charge in [-0.15, -0.1) is 0 Å². The molecule has 2 aromatic carbocycles. The van der Waals surface area contributed by atoms with Gasteiger partial charge in [0.25, 0.3) is 0 Å². The molecule has 0 aromatic heterocycles. The Morgan fingerprint density at radius 2 is 1.69 bits per heavy atom. The minimum Gasteiger partial charge on any atom is -0.369 e. The summed E-state index contributed by atoms with van der Waals surface area (Å²) in [6.45, 7) is 4.50. The molecule has 0 aliphatic carbocycles. The van der Waals surface area contributed by atoms with Gasteiger partial charge in [0.1, 0.15) is 0 Å². The highest BCUT2D eigenvalue weighted by Gasteiger charge is 2.27. The van der Waals surface area contributed by atoms with E-state index in [2.05, 4.69) is 11.8 Å². The van der Waals surface area contributed by atoms with Crippen molar-refractivity contribution in [3.8, 4) is 0 Å². The van der Waals surface area contributed by atoms with Crippen LogP contribution in [0.4, 0.5) is 5.69 Å². The first-order chi connectivity index (χ1) is 12.5. The van der Waals surface area contributed by atoms with E-state index in [1.165, 1.54) is 5.56 Å². The molecule has 3 rings (SSSR count). The fourth-order valence-electron chi connectivity index (χ4n) is 3.36. The lowest BCUT2D eigenvalue weighted by atomic mass is 10.1. The number of sulfonamides is 1. The highest BCUT2D eigenvalue weighted by molar-refractivity contribution is 7.89. The molecular formula is C20H25ClN2O2S. The molecule has 1 saturated heterocycles. The van der Waals surface area contributed by atoms with Gasteiger partial charge in [-0.2, -0.15) is 4.31 Å². The van der Waals surface area contributed by atoms with Gasteiger partial charge in [0, 0.05) is 36.9 Å². The highest BCUT2D eigenvalue weighted by atomic mass is 35.5. The number of halogens is 1. The zero-order chi connectivity index (χ0) is 18.6. The minimum atomic E-state index is -3.20. The van der Waals surface area contributed by atoms with Gasteiger partial charge in [-0.1, -0.05) is 48.0 Å². The minimum absolute atomic E-state index is 0.206. The van der Waals surface area contributed by atoms with Crippen LogP contribution in [0.5, 0.6) is 0 Å². The van der Waals surface area contributed by atoms with E-state index in [4.69, 9.17) is 11.6 Å². The van der Waals surface area contributed by atoms with Gasteiger partial charge < -0.3 is 4.90 Å². The maximum atomic E-state index is 12.6. The predicted molar refractivity (Wildman–Crippen MR) is 109 cm³/mol. The second kappa shape index (κ2) is 8.42. The summed E-state index contributed by atoms with van der Waals surface area (Å²) in [4.78, 5) is 2.22. The third-order valence-corrected chi connectivity index (χ3v) is 7.05. The lowest BCUT2D eigenvalue weighted by Crippen LogP contribution is -2.49. The monoisotopic (exact) mass is 392 g/mol. The molecule has 140 valence electrons. The summed E-state index contributed by atoms with van der Waals surface area (Å²) in [6, 6.07) is 15.9. The molecule has 0 unspecified atom stereocenters. The molecule has 0 bridgehead atoms. The Morgan fingerprint density at radius 3 is 2.38 bits per heavy atom. The molecule has 26 heavy (non-hydrogen) atoms. The predicted octanol–water partition coefficient (Wildman–Crippen LogP) is 3.73. The van der Waals surface area contributed by atoms with Crippen molar-refractivity contribution in [3.63, 3.8) is 0 Å². The van der Waals surface area contributed by atoms with E-state index in [-0.39, 0.29) is 5.75 Å². The molecule has 4 nitrogen and oxygen atoms in total. The van der Waals surface area contributed by atoms with Crippen LogP contribution in [0.2, 0.25) is 5.02 Å². The highest BCUT2D eigenvalue weighted by Crippen LogP contribution is 2.25. The third kappa shape index (κ3) is 4.78. The van der Waals surface area contributed by atoms with Crippen LogP contribution in [0, 0.1) is 6.92 Å². The first-order valence-corrected chi connectivity index (χ1v) is 11.0. The second-order valence-corrected chi connectivity index (χ2v) is 9.25. The van der Waals surface area contributed by atoms with E-state index in [0.29, 0.717) is 37.6 Å². The third-order valence-electron chi connectivity index (χ3n) is 4.85.